The summed E-state index contributed by atoms with van der Waals surface area (Å²) in [5, 5.41) is 1.10. The van der Waals surface area contributed by atoms with Crippen LogP contribution in [0.2, 0.25) is 0 Å². The molecular formula is C64H61N3O. The van der Waals surface area contributed by atoms with Crippen molar-refractivity contribution in [3.05, 3.63) is 221 Å². The van der Waals surface area contributed by atoms with Gasteiger partial charge >= 0.3 is 0 Å². The van der Waals surface area contributed by atoms with Crippen molar-refractivity contribution in [3.63, 3.8) is 0 Å². The highest BCUT2D eigenvalue weighted by molar-refractivity contribution is 6.05. The van der Waals surface area contributed by atoms with E-state index in [-0.39, 0.29) is 22.2 Å². The van der Waals surface area contributed by atoms with E-state index >= 15 is 0 Å². The fourth-order valence-electron chi connectivity index (χ4n) is 10.5. The molecule has 8 aromatic carbocycles. The average Bonchev–Trinajstić information content (AvgIpc) is 3.70. The molecule has 3 heterocycles. The average molecular weight is 888 g/mol. The number of hydrogen-bond acceptors (Lipinski definition) is 4. The Morgan fingerprint density at radius 3 is 1.57 bits per heavy atom. The predicted molar refractivity (Wildman–Crippen MR) is 287 cm³/mol. The summed E-state index contributed by atoms with van der Waals surface area (Å²) in [4.78, 5) is 7.38. The molecule has 11 rings (SSSR count). The van der Waals surface area contributed by atoms with Crippen molar-refractivity contribution in [1.82, 2.24) is 0 Å². The van der Waals surface area contributed by atoms with Crippen LogP contribution in [-0.2, 0) is 16.2 Å². The topological polar surface area (TPSA) is 22.9 Å². The Labute approximate surface area is 403 Å². The minimum Gasteiger partial charge on any atom is -0.458 e. The molecule has 1 unspecified atom stereocenters. The number of anilines is 9. The van der Waals surface area contributed by atoms with Gasteiger partial charge in [-0.15, -0.1) is 0 Å². The molecule has 0 fully saturated rings. The van der Waals surface area contributed by atoms with Gasteiger partial charge in [0, 0.05) is 39.4 Å². The standard InChI is InChI=1S/C64H61N3O/c1-41-37-55-59-56(38-41)67(50-20-16-17-43(39-50)42-23-25-44(26-24-42)62(2,3)4)60-53-21-14-15-22-57(53)68-61(60)58(59)52-36-35-51(40-54(52)66(55)47-18-12-11-13-19-47)65(48-31-27-45(28-32-48)63(5,6)7)49-33-29-46(30-34-49)64(8,9)10/h11-40,58H,1-10H3. The molecule has 4 heteroatoms. The van der Waals surface area contributed by atoms with Gasteiger partial charge in [0.15, 0.2) is 0 Å². The molecule has 338 valence electrons. The third kappa shape index (κ3) is 7.38. The fraction of sp³-hybridized carbons (Fsp3) is 0.219. The van der Waals surface area contributed by atoms with Crippen LogP contribution in [0.25, 0.3) is 22.1 Å². The second-order valence-corrected chi connectivity index (χ2v) is 22.0. The summed E-state index contributed by atoms with van der Waals surface area (Å²) in [7, 11) is 0. The van der Waals surface area contributed by atoms with Crippen LogP contribution in [0.1, 0.15) is 107 Å². The largest absolute Gasteiger partial charge is 0.458 e. The van der Waals surface area contributed by atoms with Gasteiger partial charge in [0.25, 0.3) is 0 Å². The lowest BCUT2D eigenvalue weighted by molar-refractivity contribution is 0.538. The minimum atomic E-state index is -0.165. The van der Waals surface area contributed by atoms with Crippen molar-refractivity contribution >= 4 is 62.2 Å². The first-order valence-corrected chi connectivity index (χ1v) is 24.2. The Balaban J connectivity index is 1.14. The first kappa shape index (κ1) is 43.3. The van der Waals surface area contributed by atoms with E-state index in [4.69, 9.17) is 4.42 Å². The number of furan rings is 1. The summed E-state index contributed by atoms with van der Waals surface area (Å²) in [6.07, 6.45) is 0. The lowest BCUT2D eigenvalue weighted by Gasteiger charge is -2.44. The van der Waals surface area contributed by atoms with E-state index in [0.29, 0.717) is 0 Å². The monoisotopic (exact) mass is 887 g/mol. The van der Waals surface area contributed by atoms with Crippen LogP contribution in [0.15, 0.2) is 186 Å². The third-order valence-corrected chi connectivity index (χ3v) is 14.1. The van der Waals surface area contributed by atoms with Gasteiger partial charge in [0.2, 0.25) is 0 Å². The summed E-state index contributed by atoms with van der Waals surface area (Å²) in [6.45, 7) is 22.7. The number of fused-ring (bicyclic) bond motifs is 6. The first-order chi connectivity index (χ1) is 32.5. The molecule has 0 spiro atoms. The van der Waals surface area contributed by atoms with Crippen LogP contribution in [0.3, 0.4) is 0 Å². The van der Waals surface area contributed by atoms with Crippen LogP contribution >= 0.6 is 0 Å². The van der Waals surface area contributed by atoms with Crippen molar-refractivity contribution in [3.8, 4) is 11.1 Å². The maximum Gasteiger partial charge on any atom is 0.141 e. The van der Waals surface area contributed by atoms with Crippen LogP contribution in [0.5, 0.6) is 0 Å². The molecule has 0 saturated carbocycles. The molecule has 1 atom stereocenters. The normalized spacial score (nSPS) is 14.4. The molecular weight excluding hydrogens is 827 g/mol. The molecule has 0 amide bonds. The van der Waals surface area contributed by atoms with Gasteiger partial charge in [-0.1, -0.05) is 159 Å². The fourth-order valence-corrected chi connectivity index (χ4v) is 10.5. The molecule has 0 radical (unpaired) electrons. The van der Waals surface area contributed by atoms with Gasteiger partial charge in [-0.05, 0) is 147 Å². The molecule has 0 bridgehead atoms. The number of hydrogen-bond donors (Lipinski definition) is 0. The predicted octanol–water partition coefficient (Wildman–Crippen LogP) is 18.5. The maximum absolute atomic E-state index is 7.20. The number of nitrogens with zero attached hydrogens (tertiary/aromatic N) is 3. The molecule has 0 aliphatic carbocycles. The van der Waals surface area contributed by atoms with Gasteiger partial charge in [0.05, 0.1) is 28.7 Å². The summed E-state index contributed by atoms with van der Waals surface area (Å²) in [5.41, 5.74) is 21.0. The zero-order chi connectivity index (χ0) is 47.3. The number of rotatable bonds is 6. The molecule has 0 saturated heterocycles. The molecule has 0 N–H and O–H groups in total. The number of aryl methyl sites for hydroxylation is 1. The Morgan fingerprint density at radius 1 is 0.441 bits per heavy atom. The van der Waals surface area contributed by atoms with Gasteiger partial charge < -0.3 is 19.1 Å². The second kappa shape index (κ2) is 15.9. The highest BCUT2D eigenvalue weighted by Crippen LogP contribution is 2.63. The molecule has 1 aromatic heterocycles. The summed E-state index contributed by atoms with van der Waals surface area (Å²) in [6, 6.07) is 67.7. The van der Waals surface area contributed by atoms with Crippen molar-refractivity contribution < 1.29 is 4.42 Å². The van der Waals surface area contributed by atoms with Gasteiger partial charge in [0.1, 0.15) is 11.3 Å². The molecule has 9 aromatic rings. The van der Waals surface area contributed by atoms with Gasteiger partial charge in [-0.25, -0.2) is 0 Å². The van der Waals surface area contributed by atoms with E-state index in [2.05, 4.69) is 266 Å². The highest BCUT2D eigenvalue weighted by Gasteiger charge is 2.44. The smallest absolute Gasteiger partial charge is 0.141 e. The molecule has 2 aliphatic heterocycles. The van der Waals surface area contributed by atoms with E-state index < -0.39 is 0 Å². The van der Waals surface area contributed by atoms with Crippen molar-refractivity contribution in [2.24, 2.45) is 0 Å². The van der Waals surface area contributed by atoms with Crippen molar-refractivity contribution in [2.75, 3.05) is 14.7 Å². The van der Waals surface area contributed by atoms with E-state index in [1.54, 1.807) is 0 Å². The number of para-hydroxylation sites is 2. The quantitative estimate of drug-likeness (QED) is 0.166. The second-order valence-electron chi connectivity index (χ2n) is 22.0. The van der Waals surface area contributed by atoms with Gasteiger partial charge in [-0.3, -0.25) is 0 Å². The molecule has 68 heavy (non-hydrogen) atoms. The molecule has 4 nitrogen and oxygen atoms in total. The summed E-state index contributed by atoms with van der Waals surface area (Å²) in [5.74, 6) is 0.791. The highest BCUT2D eigenvalue weighted by atomic mass is 16.3. The lowest BCUT2D eigenvalue weighted by Crippen LogP contribution is -2.29. The van der Waals surface area contributed by atoms with E-state index in [1.165, 1.54) is 50.2 Å². The van der Waals surface area contributed by atoms with Crippen LogP contribution in [0.4, 0.5) is 51.2 Å². The maximum atomic E-state index is 7.20. The van der Waals surface area contributed by atoms with E-state index in [9.17, 15) is 0 Å². The SMILES string of the molecule is Cc1cc2c3c(c1)N(c1cccc(-c4ccc(C(C)(C)C)cc4)c1)c1c(oc4ccccc14)C3c1ccc(N(c3ccc(C(C)(C)C)cc3)c3ccc(C(C)(C)C)cc3)cc1N2c1ccccc1. The minimum absolute atomic E-state index is 0.0380. The van der Waals surface area contributed by atoms with E-state index in [1.807, 2.05) is 0 Å². The van der Waals surface area contributed by atoms with Crippen LogP contribution < -0.4 is 14.7 Å². The lowest BCUT2D eigenvalue weighted by atomic mass is 9.78. The zero-order valence-electron chi connectivity index (χ0n) is 41.1. The third-order valence-electron chi connectivity index (χ3n) is 14.1. The Kier molecular flexibility index (Phi) is 10.1. The van der Waals surface area contributed by atoms with Crippen molar-refractivity contribution in [2.45, 2.75) is 91.4 Å². The van der Waals surface area contributed by atoms with Crippen LogP contribution in [-0.4, -0.2) is 0 Å². The Bertz CT molecular complexity index is 3280. The number of benzene rings is 8. The summed E-state index contributed by atoms with van der Waals surface area (Å²) >= 11 is 0. The van der Waals surface area contributed by atoms with Crippen molar-refractivity contribution in [1.29, 1.82) is 0 Å². The van der Waals surface area contributed by atoms with Crippen LogP contribution in [0, 0.1) is 6.92 Å². The Morgan fingerprint density at radius 2 is 0.971 bits per heavy atom. The van der Waals surface area contributed by atoms with Gasteiger partial charge in [-0.2, -0.15) is 0 Å². The Hall–Kier alpha value is -7.30. The van der Waals surface area contributed by atoms with E-state index in [0.717, 1.165) is 62.2 Å². The first-order valence-electron chi connectivity index (χ1n) is 24.2. The zero-order valence-corrected chi connectivity index (χ0v) is 41.1. The summed E-state index contributed by atoms with van der Waals surface area (Å²) < 4.78 is 7.20. The molecule has 2 aliphatic rings.